The average molecular weight is 281 g/mol. The van der Waals surface area contributed by atoms with Crippen LogP contribution < -0.4 is 5.73 Å². The van der Waals surface area contributed by atoms with Crippen molar-refractivity contribution in [1.29, 1.82) is 0 Å². The van der Waals surface area contributed by atoms with Gasteiger partial charge in [0.15, 0.2) is 0 Å². The molecule has 108 valence electrons. The van der Waals surface area contributed by atoms with Crippen molar-refractivity contribution in [3.8, 4) is 0 Å². The van der Waals surface area contributed by atoms with Gasteiger partial charge in [-0.2, -0.15) is 0 Å². The Morgan fingerprint density at radius 1 is 1.47 bits per heavy atom. The highest BCUT2D eigenvalue weighted by Gasteiger charge is 2.31. The van der Waals surface area contributed by atoms with Gasteiger partial charge >= 0.3 is 0 Å². The van der Waals surface area contributed by atoms with Gasteiger partial charge in [-0.05, 0) is 46.1 Å². The predicted octanol–water partition coefficient (Wildman–Crippen LogP) is 3.27. The lowest BCUT2D eigenvalue weighted by Gasteiger charge is -2.42. The molecule has 2 rings (SSSR count). The number of hydrogen-bond donors (Lipinski definition) is 1. The summed E-state index contributed by atoms with van der Waals surface area (Å²) in [5.41, 5.74) is 7.27. The average Bonchev–Trinajstić information content (AvgIpc) is 2.76. The molecule has 3 unspecified atom stereocenters. The number of nitrogens with two attached hydrogens (primary N) is 1. The molecule has 1 aliphatic rings. The Hall–Kier alpha value is -0.450. The van der Waals surface area contributed by atoms with Gasteiger partial charge in [0.25, 0.3) is 0 Å². The number of likely N-dealkylation sites (tertiary alicyclic amines) is 1. The quantitative estimate of drug-likeness (QED) is 0.921. The highest BCUT2D eigenvalue weighted by Crippen LogP contribution is 2.33. The zero-order valence-corrected chi connectivity index (χ0v) is 13.5. The monoisotopic (exact) mass is 281 g/mol. The molecular weight excluding hydrogens is 254 g/mol. The Bertz CT molecular complexity index is 416. The third-order valence-corrected chi connectivity index (χ3v) is 5.45. The number of nitrogens with zero attached hydrogens (tertiary/aromatic N) is 2. The molecule has 4 heteroatoms. The van der Waals surface area contributed by atoms with E-state index in [0.717, 1.165) is 19.0 Å². The zero-order valence-electron chi connectivity index (χ0n) is 12.6. The Balaban J connectivity index is 2.14. The van der Waals surface area contributed by atoms with E-state index < -0.39 is 0 Å². The summed E-state index contributed by atoms with van der Waals surface area (Å²) in [6.45, 7) is 10.8. The van der Waals surface area contributed by atoms with E-state index in [9.17, 15) is 0 Å². The highest BCUT2D eigenvalue weighted by atomic mass is 32.1. The standard InChI is InChI=1S/C15H27N3S/c1-5-13-6-7-18(14(8-13)9-16)10(2)15-11(3)19-12(4)17-15/h10,13-14H,5-9,16H2,1-4H3. The van der Waals surface area contributed by atoms with Gasteiger partial charge in [0, 0.05) is 17.5 Å². The molecule has 0 radical (unpaired) electrons. The molecule has 1 aromatic rings. The minimum Gasteiger partial charge on any atom is -0.329 e. The third-order valence-electron chi connectivity index (χ3n) is 4.55. The van der Waals surface area contributed by atoms with Crippen LogP contribution in [0.15, 0.2) is 0 Å². The first-order valence-corrected chi connectivity index (χ1v) is 8.28. The Morgan fingerprint density at radius 2 is 2.21 bits per heavy atom. The molecule has 3 atom stereocenters. The fraction of sp³-hybridized carbons (Fsp3) is 0.800. The summed E-state index contributed by atoms with van der Waals surface area (Å²) in [5, 5.41) is 1.17. The number of aryl methyl sites for hydroxylation is 2. The summed E-state index contributed by atoms with van der Waals surface area (Å²) in [4.78, 5) is 8.67. The predicted molar refractivity (Wildman–Crippen MR) is 82.6 cm³/mol. The van der Waals surface area contributed by atoms with Gasteiger partial charge in [-0.15, -0.1) is 11.3 Å². The molecule has 2 N–H and O–H groups in total. The molecule has 0 bridgehead atoms. The van der Waals surface area contributed by atoms with E-state index in [1.807, 2.05) is 0 Å². The SMILES string of the molecule is CCC1CCN(C(C)c2nc(C)sc2C)C(CN)C1. The van der Waals surface area contributed by atoms with Gasteiger partial charge in [0.2, 0.25) is 0 Å². The van der Waals surface area contributed by atoms with Crippen molar-refractivity contribution >= 4 is 11.3 Å². The van der Waals surface area contributed by atoms with E-state index in [-0.39, 0.29) is 0 Å². The van der Waals surface area contributed by atoms with E-state index in [2.05, 4.69) is 32.6 Å². The van der Waals surface area contributed by atoms with Crippen LogP contribution in [0, 0.1) is 19.8 Å². The van der Waals surface area contributed by atoms with Crippen molar-refractivity contribution in [3.05, 3.63) is 15.6 Å². The number of rotatable bonds is 4. The second kappa shape index (κ2) is 6.33. The fourth-order valence-corrected chi connectivity index (χ4v) is 4.26. The summed E-state index contributed by atoms with van der Waals surface area (Å²) in [6.07, 6.45) is 3.84. The molecular formula is C15H27N3S. The van der Waals surface area contributed by atoms with Crippen LogP contribution in [0.4, 0.5) is 0 Å². The highest BCUT2D eigenvalue weighted by molar-refractivity contribution is 7.11. The number of thiazole rings is 1. The van der Waals surface area contributed by atoms with Crippen molar-refractivity contribution in [2.45, 2.75) is 59.0 Å². The fourth-order valence-electron chi connectivity index (χ4n) is 3.35. The van der Waals surface area contributed by atoms with Gasteiger partial charge in [0.1, 0.15) is 0 Å². The summed E-state index contributed by atoms with van der Waals surface area (Å²) in [6, 6.07) is 0.923. The normalized spacial score (nSPS) is 26.6. The van der Waals surface area contributed by atoms with Crippen molar-refractivity contribution in [3.63, 3.8) is 0 Å². The molecule has 1 aliphatic heterocycles. The number of aromatic nitrogens is 1. The van der Waals surface area contributed by atoms with E-state index >= 15 is 0 Å². The van der Waals surface area contributed by atoms with E-state index in [0.29, 0.717) is 12.1 Å². The Kier molecular flexibility index (Phi) is 4.98. The molecule has 1 aromatic heterocycles. The second-order valence-corrected chi connectivity index (χ2v) is 7.18. The maximum absolute atomic E-state index is 6.01. The van der Waals surface area contributed by atoms with Crippen LogP contribution in [0.3, 0.4) is 0 Å². The maximum Gasteiger partial charge on any atom is 0.0900 e. The van der Waals surface area contributed by atoms with Gasteiger partial charge in [-0.1, -0.05) is 13.3 Å². The summed E-state index contributed by atoms with van der Waals surface area (Å²) in [7, 11) is 0. The Morgan fingerprint density at radius 3 is 2.74 bits per heavy atom. The first-order chi connectivity index (χ1) is 9.06. The van der Waals surface area contributed by atoms with Gasteiger partial charge in [-0.3, -0.25) is 4.90 Å². The lowest BCUT2D eigenvalue weighted by atomic mass is 9.87. The van der Waals surface area contributed by atoms with Crippen molar-refractivity contribution in [1.82, 2.24) is 9.88 Å². The second-order valence-electron chi connectivity index (χ2n) is 5.78. The van der Waals surface area contributed by atoms with Crippen LogP contribution >= 0.6 is 11.3 Å². The first kappa shape index (κ1) is 14.9. The molecule has 1 saturated heterocycles. The van der Waals surface area contributed by atoms with Gasteiger partial charge < -0.3 is 5.73 Å². The molecule has 0 amide bonds. The molecule has 1 fully saturated rings. The minimum absolute atomic E-state index is 0.399. The summed E-state index contributed by atoms with van der Waals surface area (Å²) in [5.74, 6) is 0.857. The minimum atomic E-state index is 0.399. The number of hydrogen-bond acceptors (Lipinski definition) is 4. The van der Waals surface area contributed by atoms with Crippen LogP contribution in [0.2, 0.25) is 0 Å². The molecule has 3 nitrogen and oxygen atoms in total. The largest absolute Gasteiger partial charge is 0.329 e. The van der Waals surface area contributed by atoms with Crippen LogP contribution in [-0.2, 0) is 0 Å². The van der Waals surface area contributed by atoms with Crippen molar-refractivity contribution in [2.24, 2.45) is 11.7 Å². The summed E-state index contributed by atoms with van der Waals surface area (Å²) < 4.78 is 0. The topological polar surface area (TPSA) is 42.2 Å². The van der Waals surface area contributed by atoms with E-state index in [1.54, 1.807) is 11.3 Å². The summed E-state index contributed by atoms with van der Waals surface area (Å²) >= 11 is 1.81. The van der Waals surface area contributed by atoms with E-state index in [1.165, 1.54) is 34.8 Å². The van der Waals surface area contributed by atoms with Crippen LogP contribution in [-0.4, -0.2) is 29.0 Å². The zero-order chi connectivity index (χ0) is 14.0. The van der Waals surface area contributed by atoms with Gasteiger partial charge in [-0.25, -0.2) is 4.98 Å². The van der Waals surface area contributed by atoms with Crippen LogP contribution in [0.5, 0.6) is 0 Å². The molecule has 0 aliphatic carbocycles. The van der Waals surface area contributed by atoms with Crippen molar-refractivity contribution in [2.75, 3.05) is 13.1 Å². The molecule has 2 heterocycles. The van der Waals surface area contributed by atoms with Gasteiger partial charge in [0.05, 0.1) is 16.7 Å². The van der Waals surface area contributed by atoms with Crippen LogP contribution in [0.1, 0.15) is 54.7 Å². The third kappa shape index (κ3) is 3.18. The number of piperidine rings is 1. The first-order valence-electron chi connectivity index (χ1n) is 7.46. The molecule has 0 spiro atoms. The maximum atomic E-state index is 6.01. The van der Waals surface area contributed by atoms with E-state index in [4.69, 9.17) is 10.7 Å². The molecule has 0 aromatic carbocycles. The lowest BCUT2D eigenvalue weighted by Crippen LogP contribution is -2.47. The smallest absolute Gasteiger partial charge is 0.0900 e. The molecule has 19 heavy (non-hydrogen) atoms. The van der Waals surface area contributed by atoms with Crippen molar-refractivity contribution < 1.29 is 0 Å². The lowest BCUT2D eigenvalue weighted by molar-refractivity contribution is 0.0755. The molecule has 0 saturated carbocycles. The van der Waals surface area contributed by atoms with Crippen LogP contribution in [0.25, 0.3) is 0 Å². The Labute approximate surface area is 121 Å².